The van der Waals surface area contributed by atoms with Crippen LogP contribution in [0.2, 0.25) is 10.0 Å². The van der Waals surface area contributed by atoms with E-state index in [-0.39, 0.29) is 31.9 Å². The molecule has 2 aromatic rings. The number of halogens is 6. The predicted octanol–water partition coefficient (Wildman–Crippen LogP) is 5.67. The number of pyridine rings is 1. The number of alkyl halides is 3. The third-order valence-electron chi connectivity index (χ3n) is 2.32. The summed E-state index contributed by atoms with van der Waals surface area (Å²) in [6.45, 7) is 0. The Morgan fingerprint density at radius 3 is 2.19 bits per heavy atom. The van der Waals surface area contributed by atoms with Crippen molar-refractivity contribution in [2.24, 2.45) is 0 Å². The normalized spacial score (nSPS) is 11.5. The molecule has 2 rings (SSSR count). The fraction of sp³-hybridized carbons (Fsp3) is 0.0833. The van der Waals surface area contributed by atoms with E-state index in [1.807, 2.05) is 0 Å². The smallest absolute Gasteiger partial charge is 0.417 e. The second-order valence-corrected chi connectivity index (χ2v) is 5.52. The molecule has 1 N–H and O–H groups in total. The molecule has 0 saturated heterocycles. The zero-order valence-electron chi connectivity index (χ0n) is 9.88. The molecule has 0 radical (unpaired) electrons. The summed E-state index contributed by atoms with van der Waals surface area (Å²) in [7, 11) is 0. The Bertz CT molecular complexity index is 672. The summed E-state index contributed by atoms with van der Waals surface area (Å²) < 4.78 is 42.9. The van der Waals surface area contributed by atoms with Gasteiger partial charge in [0.15, 0.2) is 5.75 Å². The Morgan fingerprint density at radius 1 is 1.14 bits per heavy atom. The van der Waals surface area contributed by atoms with Crippen LogP contribution in [0.15, 0.2) is 28.9 Å². The van der Waals surface area contributed by atoms with Crippen LogP contribution in [-0.2, 0) is 6.18 Å². The van der Waals surface area contributed by atoms with Crippen molar-refractivity contribution in [2.75, 3.05) is 0 Å². The van der Waals surface area contributed by atoms with Crippen molar-refractivity contribution in [3.63, 3.8) is 0 Å². The highest BCUT2D eigenvalue weighted by atomic mass is 79.9. The Kier molecular flexibility index (Phi) is 4.55. The van der Waals surface area contributed by atoms with Gasteiger partial charge < -0.3 is 9.84 Å². The van der Waals surface area contributed by atoms with E-state index in [2.05, 4.69) is 20.9 Å². The fourth-order valence-electron chi connectivity index (χ4n) is 1.40. The molecule has 3 nitrogen and oxygen atoms in total. The summed E-state index contributed by atoms with van der Waals surface area (Å²) in [4.78, 5) is 3.58. The maximum atomic E-state index is 12.5. The molecule has 0 aliphatic carbocycles. The molecule has 1 heterocycles. The van der Waals surface area contributed by atoms with E-state index in [0.717, 1.165) is 6.07 Å². The molecule has 0 spiro atoms. The number of phenols is 1. The lowest BCUT2D eigenvalue weighted by molar-refractivity contribution is -0.137. The van der Waals surface area contributed by atoms with Crippen molar-refractivity contribution in [3.05, 3.63) is 44.5 Å². The highest BCUT2D eigenvalue weighted by Gasteiger charge is 2.31. The van der Waals surface area contributed by atoms with Gasteiger partial charge in [0.25, 0.3) is 0 Å². The average molecular weight is 403 g/mol. The van der Waals surface area contributed by atoms with Gasteiger partial charge in [0.2, 0.25) is 5.88 Å². The molecule has 0 unspecified atom stereocenters. The minimum atomic E-state index is -4.51. The first-order valence-corrected chi connectivity index (χ1v) is 6.82. The molecular formula is C12H5BrCl2F3NO2. The minimum Gasteiger partial charge on any atom is -0.508 e. The summed E-state index contributed by atoms with van der Waals surface area (Å²) in [6.07, 6.45) is -3.88. The van der Waals surface area contributed by atoms with Crippen molar-refractivity contribution < 1.29 is 23.0 Å². The standard InChI is InChI=1S/C12H5BrCl2F3NO2/c13-7-1-5(12(16,17)18)4-19-11(7)21-10-8(14)2-6(20)3-9(10)15/h1-4,20H. The first kappa shape index (κ1) is 16.2. The van der Waals surface area contributed by atoms with Crippen LogP contribution >= 0.6 is 39.1 Å². The topological polar surface area (TPSA) is 42.4 Å². The molecule has 0 saturated carbocycles. The number of hydrogen-bond acceptors (Lipinski definition) is 3. The fourth-order valence-corrected chi connectivity index (χ4v) is 2.38. The lowest BCUT2D eigenvalue weighted by Crippen LogP contribution is -2.06. The molecule has 0 atom stereocenters. The van der Waals surface area contributed by atoms with E-state index in [9.17, 15) is 18.3 Å². The summed E-state index contributed by atoms with van der Waals surface area (Å²) in [6, 6.07) is 3.19. The number of benzene rings is 1. The van der Waals surface area contributed by atoms with Gasteiger partial charge >= 0.3 is 6.18 Å². The molecule has 0 aliphatic heterocycles. The monoisotopic (exact) mass is 401 g/mol. The van der Waals surface area contributed by atoms with Crippen LogP contribution in [0.3, 0.4) is 0 Å². The summed E-state index contributed by atoms with van der Waals surface area (Å²) in [5, 5.41) is 9.28. The summed E-state index contributed by atoms with van der Waals surface area (Å²) >= 11 is 14.6. The third kappa shape index (κ3) is 3.72. The molecule has 0 aliphatic rings. The van der Waals surface area contributed by atoms with Gasteiger partial charge in [0.1, 0.15) is 5.75 Å². The number of nitrogens with zero attached hydrogens (tertiary/aromatic N) is 1. The average Bonchev–Trinajstić information content (AvgIpc) is 2.33. The van der Waals surface area contributed by atoms with Crippen LogP contribution in [0.1, 0.15) is 5.56 Å². The minimum absolute atomic E-state index is 0.00593. The Labute approximate surface area is 135 Å². The number of rotatable bonds is 2. The number of aromatic hydroxyl groups is 1. The largest absolute Gasteiger partial charge is 0.508 e. The number of ether oxygens (including phenoxy) is 1. The highest BCUT2D eigenvalue weighted by molar-refractivity contribution is 9.10. The molecule has 0 bridgehead atoms. The molecular weight excluding hydrogens is 398 g/mol. The maximum absolute atomic E-state index is 12.5. The van der Waals surface area contributed by atoms with Gasteiger partial charge in [-0.25, -0.2) is 4.98 Å². The van der Waals surface area contributed by atoms with Gasteiger partial charge in [-0.15, -0.1) is 0 Å². The first-order valence-electron chi connectivity index (χ1n) is 5.27. The van der Waals surface area contributed by atoms with E-state index in [0.29, 0.717) is 6.20 Å². The van der Waals surface area contributed by atoms with Gasteiger partial charge in [0.05, 0.1) is 20.1 Å². The van der Waals surface area contributed by atoms with Crippen molar-refractivity contribution in [2.45, 2.75) is 6.18 Å². The van der Waals surface area contributed by atoms with Crippen LogP contribution in [0.25, 0.3) is 0 Å². The number of phenolic OH excluding ortho intramolecular Hbond substituents is 1. The van der Waals surface area contributed by atoms with Crippen molar-refractivity contribution in [1.82, 2.24) is 4.98 Å². The molecule has 0 amide bonds. The second-order valence-electron chi connectivity index (χ2n) is 3.85. The molecule has 9 heteroatoms. The Hall–Kier alpha value is -1.18. The first-order chi connectivity index (χ1) is 9.68. The van der Waals surface area contributed by atoms with Gasteiger partial charge in [-0.05, 0) is 22.0 Å². The van der Waals surface area contributed by atoms with Crippen molar-refractivity contribution >= 4 is 39.1 Å². The Morgan fingerprint density at radius 2 is 1.71 bits per heavy atom. The van der Waals surface area contributed by atoms with E-state index in [4.69, 9.17) is 27.9 Å². The molecule has 0 fully saturated rings. The SMILES string of the molecule is Oc1cc(Cl)c(Oc2ncc(C(F)(F)F)cc2Br)c(Cl)c1. The quantitative estimate of drug-likeness (QED) is 0.703. The molecule has 1 aromatic carbocycles. The van der Waals surface area contributed by atoms with E-state index < -0.39 is 11.7 Å². The zero-order valence-corrected chi connectivity index (χ0v) is 13.0. The van der Waals surface area contributed by atoms with Gasteiger partial charge in [-0.3, -0.25) is 0 Å². The summed E-state index contributed by atoms with van der Waals surface area (Å²) in [5.74, 6) is -0.335. The van der Waals surface area contributed by atoms with Crippen LogP contribution < -0.4 is 4.74 Å². The van der Waals surface area contributed by atoms with Crippen molar-refractivity contribution in [3.8, 4) is 17.4 Å². The van der Waals surface area contributed by atoms with E-state index in [1.54, 1.807) is 0 Å². The van der Waals surface area contributed by atoms with Crippen molar-refractivity contribution in [1.29, 1.82) is 0 Å². The predicted molar refractivity (Wildman–Crippen MR) is 75.1 cm³/mol. The van der Waals surface area contributed by atoms with E-state index >= 15 is 0 Å². The van der Waals surface area contributed by atoms with Gasteiger partial charge in [0, 0.05) is 18.3 Å². The summed E-state index contributed by atoms with van der Waals surface area (Å²) in [5.41, 5.74) is -0.926. The Balaban J connectivity index is 2.37. The third-order valence-corrected chi connectivity index (χ3v) is 3.45. The number of aromatic nitrogens is 1. The van der Waals surface area contributed by atoms with Gasteiger partial charge in [-0.2, -0.15) is 13.2 Å². The molecule has 112 valence electrons. The lowest BCUT2D eigenvalue weighted by Gasteiger charge is -2.12. The van der Waals surface area contributed by atoms with Gasteiger partial charge in [-0.1, -0.05) is 23.2 Å². The van der Waals surface area contributed by atoms with Crippen LogP contribution in [0.5, 0.6) is 17.4 Å². The zero-order chi connectivity index (χ0) is 15.8. The maximum Gasteiger partial charge on any atom is 0.417 e. The van der Waals surface area contributed by atoms with Crippen LogP contribution in [0.4, 0.5) is 13.2 Å². The lowest BCUT2D eigenvalue weighted by atomic mass is 10.3. The molecule has 21 heavy (non-hydrogen) atoms. The molecule has 1 aromatic heterocycles. The highest BCUT2D eigenvalue weighted by Crippen LogP contribution is 2.41. The van der Waals surface area contributed by atoms with Crippen LogP contribution in [0, 0.1) is 0 Å². The second kappa shape index (κ2) is 5.90. The van der Waals surface area contributed by atoms with E-state index in [1.165, 1.54) is 12.1 Å². The number of hydrogen-bond donors (Lipinski definition) is 1. The van der Waals surface area contributed by atoms with Crippen LogP contribution in [-0.4, -0.2) is 10.1 Å².